The van der Waals surface area contributed by atoms with Gasteiger partial charge in [0.15, 0.2) is 5.76 Å². The number of ether oxygens (including phenoxy) is 2. The molecule has 0 spiro atoms. The van der Waals surface area contributed by atoms with Crippen LogP contribution in [0.15, 0.2) is 77.4 Å². The van der Waals surface area contributed by atoms with E-state index >= 15 is 0 Å². The second kappa shape index (κ2) is 10.8. The molecule has 7 nitrogen and oxygen atoms in total. The van der Waals surface area contributed by atoms with E-state index in [0.717, 1.165) is 23.3 Å². The van der Waals surface area contributed by atoms with Crippen LogP contribution in [-0.4, -0.2) is 61.0 Å². The van der Waals surface area contributed by atoms with Gasteiger partial charge in [-0.3, -0.25) is 9.59 Å². The third kappa shape index (κ3) is 6.02. The van der Waals surface area contributed by atoms with Crippen LogP contribution in [0.3, 0.4) is 0 Å². The Hall–Kier alpha value is -3.58. The Labute approximate surface area is 193 Å². The lowest BCUT2D eigenvalue weighted by atomic mass is 10.1. The van der Waals surface area contributed by atoms with Gasteiger partial charge in [-0.25, -0.2) is 0 Å². The van der Waals surface area contributed by atoms with Gasteiger partial charge in [0.2, 0.25) is 5.91 Å². The summed E-state index contributed by atoms with van der Waals surface area (Å²) < 4.78 is 16.8. The first-order valence-electron chi connectivity index (χ1n) is 11.0. The van der Waals surface area contributed by atoms with E-state index in [2.05, 4.69) is 0 Å². The van der Waals surface area contributed by atoms with E-state index in [0.29, 0.717) is 26.2 Å². The molecule has 1 saturated heterocycles. The quantitative estimate of drug-likeness (QED) is 0.528. The summed E-state index contributed by atoms with van der Waals surface area (Å²) in [6.07, 6.45) is 1.86. The summed E-state index contributed by atoms with van der Waals surface area (Å²) in [5, 5.41) is 0. The number of furan rings is 1. The number of carbonyl (C=O) groups is 2. The van der Waals surface area contributed by atoms with E-state index in [1.165, 1.54) is 11.2 Å². The summed E-state index contributed by atoms with van der Waals surface area (Å²) >= 11 is 0. The highest BCUT2D eigenvalue weighted by Gasteiger charge is 2.32. The van der Waals surface area contributed by atoms with Crippen LogP contribution in [0.4, 0.5) is 0 Å². The van der Waals surface area contributed by atoms with Crippen molar-refractivity contribution in [2.75, 3.05) is 33.3 Å². The average Bonchev–Trinajstić information content (AvgIpc) is 3.34. The van der Waals surface area contributed by atoms with Crippen LogP contribution in [0, 0.1) is 0 Å². The predicted molar refractivity (Wildman–Crippen MR) is 123 cm³/mol. The largest absolute Gasteiger partial charge is 0.497 e. The van der Waals surface area contributed by atoms with Gasteiger partial charge in [0.1, 0.15) is 12.3 Å². The molecule has 2 heterocycles. The topological polar surface area (TPSA) is 72.2 Å². The molecule has 7 heteroatoms. The molecule has 0 unspecified atom stereocenters. The highest BCUT2D eigenvalue weighted by atomic mass is 16.5. The monoisotopic (exact) mass is 448 g/mol. The fourth-order valence-corrected chi connectivity index (χ4v) is 3.90. The minimum absolute atomic E-state index is 0.00660. The molecular formula is C26H28N2O5. The number of amides is 2. The highest BCUT2D eigenvalue weighted by Crippen LogP contribution is 2.17. The molecule has 0 saturated carbocycles. The van der Waals surface area contributed by atoms with Crippen molar-refractivity contribution in [2.45, 2.75) is 19.1 Å². The van der Waals surface area contributed by atoms with E-state index in [1.807, 2.05) is 54.6 Å². The Morgan fingerprint density at radius 2 is 1.85 bits per heavy atom. The number of methoxy groups -OCH3 is 1. The summed E-state index contributed by atoms with van der Waals surface area (Å²) in [6.45, 7) is 1.62. The molecule has 2 amide bonds. The Morgan fingerprint density at radius 1 is 1.03 bits per heavy atom. The third-order valence-corrected chi connectivity index (χ3v) is 5.68. The minimum Gasteiger partial charge on any atom is -0.497 e. The van der Waals surface area contributed by atoms with Gasteiger partial charge in [0.05, 0.1) is 26.1 Å². The van der Waals surface area contributed by atoms with Crippen molar-refractivity contribution in [3.63, 3.8) is 0 Å². The maximum absolute atomic E-state index is 13.1. The molecule has 1 fully saturated rings. The molecule has 1 aliphatic heterocycles. The first-order valence-corrected chi connectivity index (χ1v) is 11.0. The fraction of sp³-hybridized carbons (Fsp3) is 0.308. The minimum atomic E-state index is -0.336. The highest BCUT2D eigenvalue weighted by molar-refractivity contribution is 5.94. The average molecular weight is 449 g/mol. The molecule has 4 rings (SSSR count). The van der Waals surface area contributed by atoms with Crippen molar-refractivity contribution < 1.29 is 23.5 Å². The second-order valence-electron chi connectivity index (χ2n) is 8.02. The van der Waals surface area contributed by atoms with Gasteiger partial charge in [0.25, 0.3) is 5.91 Å². The fourth-order valence-electron chi connectivity index (χ4n) is 3.90. The smallest absolute Gasteiger partial charge is 0.290 e. The van der Waals surface area contributed by atoms with Crippen LogP contribution >= 0.6 is 0 Å². The molecule has 0 radical (unpaired) electrons. The van der Waals surface area contributed by atoms with Gasteiger partial charge < -0.3 is 23.7 Å². The van der Waals surface area contributed by atoms with Gasteiger partial charge in [-0.2, -0.15) is 0 Å². The summed E-state index contributed by atoms with van der Waals surface area (Å²) in [6, 6.07) is 21.0. The Bertz CT molecular complexity index is 1050. The maximum Gasteiger partial charge on any atom is 0.290 e. The number of hydrogen-bond acceptors (Lipinski definition) is 5. The van der Waals surface area contributed by atoms with Crippen LogP contribution in [-0.2, 0) is 22.6 Å². The van der Waals surface area contributed by atoms with E-state index in [1.54, 1.807) is 24.1 Å². The summed E-state index contributed by atoms with van der Waals surface area (Å²) in [5.41, 5.74) is 2.12. The molecular weight excluding hydrogens is 420 g/mol. The first kappa shape index (κ1) is 22.6. The molecule has 0 aliphatic carbocycles. The van der Waals surface area contributed by atoms with E-state index in [4.69, 9.17) is 13.9 Å². The molecule has 172 valence electrons. The number of nitrogens with zero attached hydrogens (tertiary/aromatic N) is 2. The van der Waals surface area contributed by atoms with Crippen molar-refractivity contribution in [2.24, 2.45) is 0 Å². The lowest BCUT2D eigenvalue weighted by molar-refractivity contribution is -0.131. The SMILES string of the molecule is COc1cccc(CO[C@H]2CN(CCc3ccccc3)C(=O)CN(C(=O)c3ccco3)C2)c1. The van der Waals surface area contributed by atoms with E-state index in [9.17, 15) is 9.59 Å². The lowest BCUT2D eigenvalue weighted by Crippen LogP contribution is -2.40. The van der Waals surface area contributed by atoms with Crippen LogP contribution in [0.2, 0.25) is 0 Å². The number of benzene rings is 2. The van der Waals surface area contributed by atoms with Crippen LogP contribution in [0.5, 0.6) is 5.75 Å². The molecule has 1 aromatic heterocycles. The first-order chi connectivity index (χ1) is 16.1. The molecule has 1 atom stereocenters. The zero-order chi connectivity index (χ0) is 23.0. The number of hydrogen-bond donors (Lipinski definition) is 0. The Kier molecular flexibility index (Phi) is 7.42. The van der Waals surface area contributed by atoms with Gasteiger partial charge in [-0.15, -0.1) is 0 Å². The van der Waals surface area contributed by atoms with Crippen molar-refractivity contribution in [1.29, 1.82) is 0 Å². The van der Waals surface area contributed by atoms with E-state index < -0.39 is 0 Å². The molecule has 1 aliphatic rings. The summed E-state index contributed by atoms with van der Waals surface area (Å²) in [4.78, 5) is 29.3. The molecule has 0 bridgehead atoms. The molecule has 2 aromatic carbocycles. The number of carbonyl (C=O) groups excluding carboxylic acids is 2. The van der Waals surface area contributed by atoms with Crippen molar-refractivity contribution >= 4 is 11.8 Å². The summed E-state index contributed by atoms with van der Waals surface area (Å²) in [7, 11) is 1.62. The third-order valence-electron chi connectivity index (χ3n) is 5.68. The molecule has 33 heavy (non-hydrogen) atoms. The van der Waals surface area contributed by atoms with E-state index in [-0.39, 0.29) is 30.2 Å². The van der Waals surface area contributed by atoms with Gasteiger partial charge in [-0.1, -0.05) is 42.5 Å². The lowest BCUT2D eigenvalue weighted by Gasteiger charge is -2.25. The van der Waals surface area contributed by atoms with Gasteiger partial charge in [0, 0.05) is 19.6 Å². The predicted octanol–water partition coefficient (Wildman–Crippen LogP) is 3.40. The standard InChI is InChI=1S/C26H28N2O5/c1-31-22-10-5-9-21(15-22)19-33-23-16-27(13-12-20-7-3-2-4-8-20)25(29)18-28(17-23)26(30)24-11-6-14-32-24/h2-11,14-15,23H,12-13,16-19H2,1H3/t23-/m0/s1. The second-order valence-corrected chi connectivity index (χ2v) is 8.02. The maximum atomic E-state index is 13.1. The molecule has 0 N–H and O–H groups in total. The van der Waals surface area contributed by atoms with Gasteiger partial charge >= 0.3 is 0 Å². The van der Waals surface area contributed by atoms with Crippen LogP contribution in [0.1, 0.15) is 21.7 Å². The van der Waals surface area contributed by atoms with Crippen molar-refractivity contribution in [3.8, 4) is 5.75 Å². The van der Waals surface area contributed by atoms with Crippen LogP contribution in [0.25, 0.3) is 0 Å². The number of rotatable bonds is 8. The Balaban J connectivity index is 1.48. The van der Waals surface area contributed by atoms with Crippen molar-refractivity contribution in [3.05, 3.63) is 89.9 Å². The molecule has 3 aromatic rings. The normalized spacial score (nSPS) is 16.5. The Morgan fingerprint density at radius 3 is 2.61 bits per heavy atom. The zero-order valence-electron chi connectivity index (χ0n) is 18.7. The van der Waals surface area contributed by atoms with Gasteiger partial charge in [-0.05, 0) is 41.8 Å². The summed E-state index contributed by atoms with van der Waals surface area (Å²) in [5.74, 6) is 0.560. The zero-order valence-corrected chi connectivity index (χ0v) is 18.7. The van der Waals surface area contributed by atoms with Crippen molar-refractivity contribution in [1.82, 2.24) is 9.80 Å². The van der Waals surface area contributed by atoms with Crippen LogP contribution < -0.4 is 4.74 Å².